The Hall–Kier alpha value is -1.11. The van der Waals surface area contributed by atoms with E-state index in [9.17, 15) is 42.4 Å². The summed E-state index contributed by atoms with van der Waals surface area (Å²) in [5, 5.41) is 26.9. The number of rotatable bonds is 5. The molecule has 0 aromatic heterocycles. The smallest absolute Gasteiger partial charge is 0.444 e. The van der Waals surface area contributed by atoms with E-state index in [0.29, 0.717) is 59.6 Å². The largest absolute Gasteiger partial charge is 0.482 e. The van der Waals surface area contributed by atoms with Crippen molar-refractivity contribution in [2.24, 2.45) is 34.5 Å². The third-order valence-electron chi connectivity index (χ3n) is 21.1. The van der Waals surface area contributed by atoms with E-state index in [2.05, 4.69) is 117 Å². The lowest BCUT2D eigenvalue weighted by Crippen LogP contribution is -2.65. The lowest BCUT2D eigenvalue weighted by Gasteiger charge is -2.64. The highest BCUT2D eigenvalue weighted by molar-refractivity contribution is 15.0. The summed E-state index contributed by atoms with van der Waals surface area (Å²) in [7, 11) is -2.12. The van der Waals surface area contributed by atoms with Crippen LogP contribution >= 0.6 is 49.6 Å². The average molecular weight is 1500 g/mol. The number of amides is 4. The number of nitrogens with one attached hydrogen (secondary N) is 3. The monoisotopic (exact) mass is 1500 g/mol. The molecule has 7 saturated heterocycles. The van der Waals surface area contributed by atoms with Crippen LogP contribution in [0.15, 0.2) is 0 Å². The van der Waals surface area contributed by atoms with Gasteiger partial charge in [0.25, 0.3) is 0 Å². The van der Waals surface area contributed by atoms with Crippen molar-refractivity contribution in [2.75, 3.05) is 13.1 Å². The molecule has 508 valence electrons. The number of likely N-dealkylation sites (tertiary alicyclic amines) is 3. The minimum absolute atomic E-state index is 0. The van der Waals surface area contributed by atoms with Crippen LogP contribution in [0.5, 0.6) is 0 Å². The van der Waals surface area contributed by atoms with Crippen molar-refractivity contribution >= 4 is 95.0 Å². The molecule has 7 heterocycles. The molecule has 0 spiro atoms. The average Bonchev–Trinajstić information content (AvgIpc) is 1.85. The fourth-order valence-electron chi connectivity index (χ4n) is 15.9. The predicted molar refractivity (Wildman–Crippen MR) is 360 cm³/mol. The minimum atomic E-state index is -5.07. The Bertz CT molecular complexity index is 2310. The SMILES string of the molecule is C.CC1CCC(B(O)O)N1C(=O)[C@H](C)NC(=O)C(F)(F)F.CC1CCC(B2O[C@@H]3CC4CC(C4(C)C)[C@]3(C)O2)N1.CC1CCC(B2O[C@@H]3CC4CC(C4(C)C)[C@]3(C)O2)N1C(=O)OC(C)(C)C.CC1CCCN1.CC1CCCN1C(=O)OC(C)(C)C.Cl.II. The van der Waals surface area contributed by atoms with E-state index in [4.69, 9.17) is 28.1 Å². The second kappa shape index (κ2) is 31.2. The fraction of sp³-hybridized carbons (Fsp3) is 0.934. The maximum atomic E-state index is 12.8. The normalized spacial score (nSPS) is 36.3. The minimum Gasteiger partial charge on any atom is -0.444 e. The zero-order chi connectivity index (χ0) is 64.6. The van der Waals surface area contributed by atoms with Crippen molar-refractivity contribution in [1.82, 2.24) is 30.7 Å². The van der Waals surface area contributed by atoms with Gasteiger partial charge in [-0.25, -0.2) is 9.59 Å². The van der Waals surface area contributed by atoms with Gasteiger partial charge >= 0.3 is 45.6 Å². The van der Waals surface area contributed by atoms with E-state index in [-0.39, 0.29) is 87.2 Å². The first-order chi connectivity index (χ1) is 39.7. The zero-order valence-corrected chi connectivity index (χ0v) is 60.5. The summed E-state index contributed by atoms with van der Waals surface area (Å²) in [6.45, 7) is 39.0. The lowest BCUT2D eigenvalue weighted by atomic mass is 9.43. The van der Waals surface area contributed by atoms with Crippen LogP contribution in [0.3, 0.4) is 0 Å². The Morgan fingerprint density at radius 2 is 1.17 bits per heavy atom. The molecule has 0 aromatic rings. The first-order valence-corrected chi connectivity index (χ1v) is 38.3. The summed E-state index contributed by atoms with van der Waals surface area (Å²) in [5.41, 5.74) is -0.367. The maximum absolute atomic E-state index is 12.8. The van der Waals surface area contributed by atoms with Gasteiger partial charge in [-0.15, -0.1) is 12.4 Å². The Morgan fingerprint density at radius 3 is 1.59 bits per heavy atom. The van der Waals surface area contributed by atoms with Gasteiger partial charge in [-0.05, 0) is 228 Å². The molecule has 12 unspecified atom stereocenters. The molecule has 4 amide bonds. The standard InChI is InChI=1S/C20H34BNO4.C15H26BNO2.C10H16BF3N2O4.C10H19NO2.C5H11N.CH4.ClH.I2/c1-12-8-9-16(22(12)17(23)24-18(2,3)4)21-25-15-11-13-10-14(19(13,5)6)20(15,7)26-21;1-9-5-6-13(17-9)16-18-12-8-10-7-11(14(10,2)3)15(12,4)19-16;1-5-3-4-7(11(19)20)16(5)8(17)6(2)15-9(18)10(12,13)14;1-8-6-5-7-11(8)9(12)13-10(2,3)4;1-5-3-2-4-6-5;;;1-2/h12-16H,8-11H2,1-7H3;9-13,17H,5-8H2,1-4H3;5-7,19-20H,3-4H2,1-2H3,(H,15,18);8H,5-7H2,1-4H3;5-6H,2-4H2,1H3;1H4;1H;/t12?,13?,14?,15-,16?,20+;9?,10?,11?,12-,13?,15+;5?,6-,7?;;;;;/m110...../s1. The molecule has 88 heavy (non-hydrogen) atoms. The van der Waals surface area contributed by atoms with E-state index in [1.54, 1.807) is 12.2 Å². The molecule has 18 nitrogen and oxygen atoms in total. The molecular weight excluding hydrogens is 1390 g/mol. The molecule has 17 atom stereocenters. The van der Waals surface area contributed by atoms with Crippen LogP contribution < -0.4 is 16.0 Å². The molecule has 27 heteroatoms. The van der Waals surface area contributed by atoms with Gasteiger partial charge in [-0.3, -0.25) is 9.59 Å². The highest BCUT2D eigenvalue weighted by atomic mass is 128. The second-order valence-electron chi connectivity index (χ2n) is 30.3. The summed E-state index contributed by atoms with van der Waals surface area (Å²) in [5.74, 6) is -0.712. The Morgan fingerprint density at radius 1 is 0.670 bits per heavy atom. The third-order valence-corrected chi connectivity index (χ3v) is 21.1. The molecule has 7 aliphatic heterocycles. The van der Waals surface area contributed by atoms with Crippen LogP contribution in [0.25, 0.3) is 0 Å². The summed E-state index contributed by atoms with van der Waals surface area (Å²) in [4.78, 5) is 52.0. The Kier molecular flexibility index (Phi) is 28.1. The maximum Gasteiger partial charge on any atom is 0.482 e. The predicted octanol–water partition coefficient (Wildman–Crippen LogP) is 11.9. The van der Waals surface area contributed by atoms with E-state index >= 15 is 0 Å². The van der Waals surface area contributed by atoms with Gasteiger partial charge in [0, 0.05) is 79.9 Å². The number of nitrogens with zero attached hydrogens (tertiary/aromatic N) is 3. The molecule has 4 bridgehead atoms. The van der Waals surface area contributed by atoms with E-state index in [1.807, 2.05) is 51.3 Å². The zero-order valence-electron chi connectivity index (χ0n) is 55.3. The van der Waals surface area contributed by atoms with Crippen molar-refractivity contribution in [3.63, 3.8) is 0 Å². The molecule has 5 N–H and O–H groups in total. The molecule has 6 saturated carbocycles. The van der Waals surface area contributed by atoms with Gasteiger partial charge in [0.15, 0.2) is 0 Å². The first-order valence-electron chi connectivity index (χ1n) is 32.1. The van der Waals surface area contributed by atoms with Gasteiger partial charge in [-0.2, -0.15) is 13.2 Å². The highest BCUT2D eigenvalue weighted by Gasteiger charge is 2.70. The van der Waals surface area contributed by atoms with Crippen LogP contribution in [-0.4, -0.2) is 178 Å². The summed E-state index contributed by atoms with van der Waals surface area (Å²) in [6, 6.07) is 0.172. The molecule has 13 rings (SSSR count). The van der Waals surface area contributed by atoms with Crippen LogP contribution in [-0.2, 0) is 37.7 Å². The first kappa shape index (κ1) is 79.3. The van der Waals surface area contributed by atoms with E-state index in [0.717, 1.165) is 68.4 Å². The summed E-state index contributed by atoms with van der Waals surface area (Å²) < 4.78 is 73.1. The van der Waals surface area contributed by atoms with Crippen LogP contribution in [0.2, 0.25) is 0 Å². The third kappa shape index (κ3) is 18.3. The number of hydrogen-bond acceptors (Lipinski definition) is 14. The number of carbonyl (C=O) groups is 4. The molecule has 0 radical (unpaired) electrons. The second-order valence-corrected chi connectivity index (χ2v) is 30.3. The number of carbonyl (C=O) groups excluding carboxylic acids is 4. The molecule has 0 aromatic carbocycles. The van der Waals surface area contributed by atoms with Gasteiger partial charge in [0.2, 0.25) is 5.91 Å². The quantitative estimate of drug-likeness (QED) is 0.128. The van der Waals surface area contributed by atoms with E-state index in [1.165, 1.54) is 51.5 Å². The van der Waals surface area contributed by atoms with Crippen LogP contribution in [0.4, 0.5) is 22.8 Å². The van der Waals surface area contributed by atoms with Crippen molar-refractivity contribution in [3.05, 3.63) is 0 Å². The summed E-state index contributed by atoms with van der Waals surface area (Å²) >= 11 is 4.24. The Balaban J connectivity index is 0.000000244. The number of hydrogen-bond donors (Lipinski definition) is 5. The van der Waals surface area contributed by atoms with Gasteiger partial charge in [0.1, 0.15) is 17.2 Å². The summed E-state index contributed by atoms with van der Waals surface area (Å²) in [6.07, 6.45) is 9.94. The molecular formula is C61H111B3ClF3I2N6O12. The van der Waals surface area contributed by atoms with Gasteiger partial charge < -0.3 is 68.8 Å². The van der Waals surface area contributed by atoms with Crippen LogP contribution in [0, 0.1) is 34.5 Å². The number of ether oxygens (including phenoxy) is 2. The van der Waals surface area contributed by atoms with Crippen molar-refractivity contribution in [2.45, 2.75) is 317 Å². The van der Waals surface area contributed by atoms with Crippen LogP contribution in [0.1, 0.15) is 222 Å². The fourth-order valence-corrected chi connectivity index (χ4v) is 15.9. The van der Waals surface area contributed by atoms with Gasteiger partial charge in [0.05, 0.1) is 35.3 Å². The topological polar surface area (TPSA) is 210 Å². The van der Waals surface area contributed by atoms with Gasteiger partial charge in [-0.1, -0.05) is 35.1 Å². The molecule has 6 aliphatic carbocycles. The Labute approximate surface area is 556 Å². The van der Waals surface area contributed by atoms with Crippen molar-refractivity contribution in [3.8, 4) is 0 Å². The number of halogens is 6. The molecule has 13 aliphatic rings. The molecule has 13 fully saturated rings. The van der Waals surface area contributed by atoms with Crippen molar-refractivity contribution in [1.29, 1.82) is 0 Å². The van der Waals surface area contributed by atoms with E-state index < -0.39 is 42.7 Å². The highest BCUT2D eigenvalue weighted by Crippen LogP contribution is 2.67. The van der Waals surface area contributed by atoms with Crippen molar-refractivity contribution < 1.29 is 70.5 Å². The number of alkyl halides is 3. The lowest BCUT2D eigenvalue weighted by molar-refractivity contribution is -0.199.